The van der Waals surface area contributed by atoms with Crippen molar-refractivity contribution in [2.75, 3.05) is 19.7 Å². The summed E-state index contributed by atoms with van der Waals surface area (Å²) in [5.74, 6) is 0.945. The molecule has 0 bridgehead atoms. The van der Waals surface area contributed by atoms with E-state index in [0.717, 1.165) is 43.5 Å². The zero-order valence-electron chi connectivity index (χ0n) is 11.6. The van der Waals surface area contributed by atoms with E-state index < -0.39 is 0 Å². The second-order valence-electron chi connectivity index (χ2n) is 5.47. The third-order valence-electron chi connectivity index (χ3n) is 4.07. The number of nitrogens with zero attached hydrogens (tertiary/aromatic N) is 1. The third-order valence-corrected chi connectivity index (χ3v) is 4.07. The molecule has 4 heteroatoms. The molecule has 0 saturated carbocycles. The molecule has 106 valence electrons. The summed E-state index contributed by atoms with van der Waals surface area (Å²) < 4.78 is 5.58. The Morgan fingerprint density at radius 2 is 1.95 bits per heavy atom. The van der Waals surface area contributed by atoms with Crippen molar-refractivity contribution < 1.29 is 14.3 Å². The number of rotatable bonds is 3. The van der Waals surface area contributed by atoms with Gasteiger partial charge in [-0.15, -0.1) is 0 Å². The minimum atomic E-state index is 0.0567. The molecule has 0 N–H and O–H groups in total. The lowest BCUT2D eigenvalue weighted by molar-refractivity contribution is -0.134. The topological polar surface area (TPSA) is 46.6 Å². The lowest BCUT2D eigenvalue weighted by Crippen LogP contribution is -2.38. The summed E-state index contributed by atoms with van der Waals surface area (Å²) in [6, 6.07) is 5.49. The predicted molar refractivity (Wildman–Crippen MR) is 75.0 cm³/mol. The van der Waals surface area contributed by atoms with E-state index in [1.54, 1.807) is 6.07 Å². The van der Waals surface area contributed by atoms with Crippen molar-refractivity contribution in [2.45, 2.75) is 32.1 Å². The fourth-order valence-electron chi connectivity index (χ4n) is 2.90. The number of Topliss-reactive ketones (excluding diaryl/α,β-unsaturated/α-hetero) is 1. The molecule has 0 radical (unpaired) electrons. The Hall–Kier alpha value is -1.84. The van der Waals surface area contributed by atoms with Gasteiger partial charge in [0.25, 0.3) is 5.91 Å². The Labute approximate surface area is 118 Å². The molecular weight excluding hydrogens is 254 g/mol. The molecule has 2 aliphatic rings. The zero-order valence-corrected chi connectivity index (χ0v) is 11.6. The minimum absolute atomic E-state index is 0.0567. The molecule has 1 aromatic rings. The number of piperidine rings is 1. The summed E-state index contributed by atoms with van der Waals surface area (Å²) in [6.07, 6.45) is 4.76. The molecule has 1 aliphatic heterocycles. The highest BCUT2D eigenvalue weighted by Crippen LogP contribution is 2.26. The van der Waals surface area contributed by atoms with Crippen LogP contribution in [0, 0.1) is 0 Å². The summed E-state index contributed by atoms with van der Waals surface area (Å²) in [5, 5.41) is 0. The van der Waals surface area contributed by atoms with Crippen molar-refractivity contribution in [1.82, 2.24) is 4.90 Å². The number of amides is 1. The molecule has 1 aliphatic carbocycles. The first-order valence-electron chi connectivity index (χ1n) is 7.31. The average molecular weight is 273 g/mol. The van der Waals surface area contributed by atoms with Gasteiger partial charge in [-0.2, -0.15) is 0 Å². The maximum Gasteiger partial charge on any atom is 0.260 e. The summed E-state index contributed by atoms with van der Waals surface area (Å²) in [5.41, 5.74) is 1.85. The molecule has 0 unspecified atom stereocenters. The van der Waals surface area contributed by atoms with Gasteiger partial charge in [0.15, 0.2) is 12.4 Å². The molecular formula is C16H19NO3. The maximum atomic E-state index is 12.0. The van der Waals surface area contributed by atoms with Crippen molar-refractivity contribution in [3.8, 4) is 5.75 Å². The van der Waals surface area contributed by atoms with Gasteiger partial charge in [-0.25, -0.2) is 0 Å². The quantitative estimate of drug-likeness (QED) is 0.848. The lowest BCUT2D eigenvalue weighted by atomic mass is 10.1. The van der Waals surface area contributed by atoms with E-state index in [4.69, 9.17) is 4.74 Å². The van der Waals surface area contributed by atoms with Gasteiger partial charge in [-0.1, -0.05) is 0 Å². The second kappa shape index (κ2) is 5.65. The van der Waals surface area contributed by atoms with E-state index >= 15 is 0 Å². The van der Waals surface area contributed by atoms with Crippen LogP contribution in [0.1, 0.15) is 41.6 Å². The van der Waals surface area contributed by atoms with Crippen LogP contribution in [0.5, 0.6) is 5.75 Å². The number of carbonyl (C=O) groups excluding carboxylic acids is 2. The van der Waals surface area contributed by atoms with Crippen LogP contribution >= 0.6 is 0 Å². The van der Waals surface area contributed by atoms with Crippen LogP contribution < -0.4 is 4.74 Å². The number of ketones is 1. The Morgan fingerprint density at radius 3 is 2.75 bits per heavy atom. The number of ether oxygens (including phenoxy) is 1. The number of benzene rings is 1. The van der Waals surface area contributed by atoms with Crippen LogP contribution in [0.2, 0.25) is 0 Å². The van der Waals surface area contributed by atoms with E-state index in [2.05, 4.69) is 0 Å². The van der Waals surface area contributed by atoms with E-state index in [0.29, 0.717) is 12.2 Å². The van der Waals surface area contributed by atoms with Crippen LogP contribution in [-0.4, -0.2) is 36.3 Å². The normalized spacial score (nSPS) is 18.0. The van der Waals surface area contributed by atoms with Crippen LogP contribution in [0.3, 0.4) is 0 Å². The van der Waals surface area contributed by atoms with Crippen molar-refractivity contribution >= 4 is 11.7 Å². The number of likely N-dealkylation sites (tertiary alicyclic amines) is 1. The Kier molecular flexibility index (Phi) is 3.72. The fraction of sp³-hybridized carbons (Fsp3) is 0.500. The van der Waals surface area contributed by atoms with Crippen molar-refractivity contribution in [3.63, 3.8) is 0 Å². The zero-order chi connectivity index (χ0) is 13.9. The molecule has 1 heterocycles. The summed E-state index contributed by atoms with van der Waals surface area (Å²) in [6.45, 7) is 1.79. The van der Waals surface area contributed by atoms with Gasteiger partial charge in [0.1, 0.15) is 5.75 Å². The predicted octanol–water partition coefficient (Wildman–Crippen LogP) is 2.21. The Morgan fingerprint density at radius 1 is 1.15 bits per heavy atom. The first-order chi connectivity index (χ1) is 9.74. The van der Waals surface area contributed by atoms with Crippen LogP contribution in [0.15, 0.2) is 18.2 Å². The molecule has 4 nitrogen and oxygen atoms in total. The van der Waals surface area contributed by atoms with Gasteiger partial charge in [0.2, 0.25) is 0 Å². The number of aryl methyl sites for hydroxylation is 1. The minimum Gasteiger partial charge on any atom is -0.484 e. The first kappa shape index (κ1) is 13.2. The van der Waals surface area contributed by atoms with Crippen molar-refractivity contribution in [2.24, 2.45) is 0 Å². The molecule has 20 heavy (non-hydrogen) atoms. The van der Waals surface area contributed by atoms with E-state index in [-0.39, 0.29) is 18.3 Å². The van der Waals surface area contributed by atoms with E-state index in [1.165, 1.54) is 6.42 Å². The standard InChI is InChI=1S/C16H19NO3/c18-15-7-4-12-10-13(5-6-14(12)15)20-11-16(19)17-8-2-1-3-9-17/h5-6,10H,1-4,7-9,11H2. The van der Waals surface area contributed by atoms with Gasteiger partial charge in [0.05, 0.1) is 0 Å². The molecule has 1 aromatic carbocycles. The molecule has 1 fully saturated rings. The maximum absolute atomic E-state index is 12.0. The molecule has 0 atom stereocenters. The first-order valence-corrected chi connectivity index (χ1v) is 7.31. The average Bonchev–Trinajstić information content (AvgIpc) is 2.87. The number of hydrogen-bond donors (Lipinski definition) is 0. The van der Waals surface area contributed by atoms with Gasteiger partial charge in [-0.3, -0.25) is 9.59 Å². The highest BCUT2D eigenvalue weighted by Gasteiger charge is 2.20. The summed E-state index contributed by atoms with van der Waals surface area (Å²) in [7, 11) is 0. The van der Waals surface area contributed by atoms with Crippen molar-refractivity contribution in [1.29, 1.82) is 0 Å². The van der Waals surface area contributed by atoms with E-state index in [9.17, 15) is 9.59 Å². The number of fused-ring (bicyclic) bond motifs is 1. The molecule has 1 amide bonds. The SMILES string of the molecule is O=C1CCc2cc(OCC(=O)N3CCCCC3)ccc21. The van der Waals surface area contributed by atoms with Gasteiger partial charge >= 0.3 is 0 Å². The fourth-order valence-corrected chi connectivity index (χ4v) is 2.90. The second-order valence-corrected chi connectivity index (χ2v) is 5.47. The molecule has 1 saturated heterocycles. The summed E-state index contributed by atoms with van der Waals surface area (Å²) in [4.78, 5) is 25.4. The van der Waals surface area contributed by atoms with Crippen LogP contribution in [0.25, 0.3) is 0 Å². The largest absolute Gasteiger partial charge is 0.484 e. The number of hydrogen-bond acceptors (Lipinski definition) is 3. The molecule has 0 aromatic heterocycles. The van der Waals surface area contributed by atoms with Crippen LogP contribution in [-0.2, 0) is 11.2 Å². The van der Waals surface area contributed by atoms with Gasteiger partial charge in [-0.05, 0) is 49.4 Å². The highest BCUT2D eigenvalue weighted by molar-refractivity contribution is 6.00. The smallest absolute Gasteiger partial charge is 0.260 e. The van der Waals surface area contributed by atoms with Crippen LogP contribution in [0.4, 0.5) is 0 Å². The van der Waals surface area contributed by atoms with E-state index in [1.807, 2.05) is 17.0 Å². The van der Waals surface area contributed by atoms with Gasteiger partial charge in [0, 0.05) is 25.1 Å². The number of carbonyl (C=O) groups is 2. The highest BCUT2D eigenvalue weighted by atomic mass is 16.5. The Balaban J connectivity index is 1.58. The lowest BCUT2D eigenvalue weighted by Gasteiger charge is -2.26. The van der Waals surface area contributed by atoms with Crippen molar-refractivity contribution in [3.05, 3.63) is 29.3 Å². The third kappa shape index (κ3) is 2.69. The summed E-state index contributed by atoms with van der Waals surface area (Å²) >= 11 is 0. The Bertz CT molecular complexity index is 533. The monoisotopic (exact) mass is 273 g/mol. The van der Waals surface area contributed by atoms with Gasteiger partial charge < -0.3 is 9.64 Å². The molecule has 3 rings (SSSR count). The molecule has 0 spiro atoms.